The van der Waals surface area contributed by atoms with Gasteiger partial charge in [0.1, 0.15) is 13.2 Å². The maximum Gasteiger partial charge on any atom is 0.338 e. The minimum absolute atomic E-state index is 0.317. The number of carbonyl (C=O) groups excluding carboxylic acids is 3. The van der Waals surface area contributed by atoms with Gasteiger partial charge in [0.2, 0.25) is 0 Å². The average Bonchev–Trinajstić information content (AvgIpc) is 3.08. The van der Waals surface area contributed by atoms with Gasteiger partial charge in [0.15, 0.2) is 29.9 Å². The summed E-state index contributed by atoms with van der Waals surface area (Å²) in [7, 11) is 0. The van der Waals surface area contributed by atoms with Crippen LogP contribution < -0.4 is 0 Å². The second kappa shape index (κ2) is 8.10. The largest absolute Gasteiger partial charge is 0.462 e. The van der Waals surface area contributed by atoms with Gasteiger partial charge in [-0.1, -0.05) is 18.2 Å². The molecule has 1 aromatic carbocycles. The van der Waals surface area contributed by atoms with Crippen LogP contribution >= 0.6 is 0 Å². The number of ether oxygens (including phenoxy) is 6. The number of benzene rings is 1. The van der Waals surface area contributed by atoms with Gasteiger partial charge in [0.05, 0.1) is 5.56 Å². The Morgan fingerprint density at radius 1 is 0.931 bits per heavy atom. The van der Waals surface area contributed by atoms with E-state index in [1.54, 1.807) is 44.2 Å². The summed E-state index contributed by atoms with van der Waals surface area (Å²) in [5, 5.41) is 0. The molecule has 0 saturated carbocycles. The Hall–Kier alpha value is -2.49. The summed E-state index contributed by atoms with van der Waals surface area (Å²) in [4.78, 5) is 35.6. The average molecular weight is 408 g/mol. The summed E-state index contributed by atoms with van der Waals surface area (Å²) in [6, 6.07) is 8.38. The second-order valence-corrected chi connectivity index (χ2v) is 7.40. The first-order chi connectivity index (χ1) is 13.6. The molecule has 0 radical (unpaired) electrons. The molecule has 2 fully saturated rings. The molecule has 2 aliphatic rings. The lowest BCUT2D eigenvalue weighted by atomic mass is 9.96. The van der Waals surface area contributed by atoms with Crippen LogP contribution in [0.5, 0.6) is 0 Å². The van der Waals surface area contributed by atoms with E-state index in [0.717, 1.165) is 0 Å². The molecule has 2 heterocycles. The van der Waals surface area contributed by atoms with Gasteiger partial charge in [-0.05, 0) is 26.0 Å². The van der Waals surface area contributed by atoms with Crippen molar-refractivity contribution < 1.29 is 42.8 Å². The van der Waals surface area contributed by atoms with Crippen molar-refractivity contribution in [3.63, 3.8) is 0 Å². The van der Waals surface area contributed by atoms with Gasteiger partial charge in [0, 0.05) is 13.8 Å². The molecule has 9 heteroatoms. The van der Waals surface area contributed by atoms with Crippen LogP contribution in [0.25, 0.3) is 0 Å². The van der Waals surface area contributed by atoms with E-state index in [0.29, 0.717) is 5.56 Å². The van der Waals surface area contributed by atoms with Crippen molar-refractivity contribution in [3.05, 3.63) is 35.9 Å². The van der Waals surface area contributed by atoms with Crippen LogP contribution in [0.2, 0.25) is 0 Å². The number of rotatable bonds is 6. The van der Waals surface area contributed by atoms with E-state index in [4.69, 9.17) is 28.4 Å². The molecule has 2 saturated heterocycles. The highest BCUT2D eigenvalue weighted by Gasteiger charge is 2.65. The van der Waals surface area contributed by atoms with E-state index in [1.807, 2.05) is 0 Å². The molecule has 1 aromatic rings. The van der Waals surface area contributed by atoms with Crippen molar-refractivity contribution in [1.82, 2.24) is 0 Å². The quantitative estimate of drug-likeness (QED) is 0.512. The third-order valence-corrected chi connectivity index (χ3v) is 4.53. The fraction of sp³-hybridized carbons (Fsp3) is 0.550. The van der Waals surface area contributed by atoms with Crippen LogP contribution in [0.1, 0.15) is 38.1 Å². The number of esters is 3. The molecule has 0 unspecified atom stereocenters. The van der Waals surface area contributed by atoms with E-state index >= 15 is 0 Å². The predicted octanol–water partition coefficient (Wildman–Crippen LogP) is 1.58. The van der Waals surface area contributed by atoms with Gasteiger partial charge < -0.3 is 28.4 Å². The molecule has 3 rings (SSSR count). The van der Waals surface area contributed by atoms with Crippen LogP contribution in [0, 0.1) is 0 Å². The molecule has 0 aliphatic carbocycles. The van der Waals surface area contributed by atoms with Crippen LogP contribution in [-0.4, -0.2) is 61.0 Å². The molecular weight excluding hydrogens is 384 g/mol. The van der Waals surface area contributed by atoms with Gasteiger partial charge >= 0.3 is 17.9 Å². The molecule has 0 amide bonds. The Kier molecular flexibility index (Phi) is 5.92. The van der Waals surface area contributed by atoms with Crippen LogP contribution in [-0.2, 0) is 38.0 Å². The maximum atomic E-state index is 12.4. The van der Waals surface area contributed by atoms with Gasteiger partial charge in [-0.2, -0.15) is 0 Å². The van der Waals surface area contributed by atoms with Gasteiger partial charge in [0.25, 0.3) is 0 Å². The summed E-state index contributed by atoms with van der Waals surface area (Å²) >= 11 is 0. The Morgan fingerprint density at radius 3 is 2.21 bits per heavy atom. The van der Waals surface area contributed by atoms with Crippen molar-refractivity contribution in [2.45, 2.75) is 57.6 Å². The molecule has 0 bridgehead atoms. The lowest BCUT2D eigenvalue weighted by Gasteiger charge is -2.35. The first kappa shape index (κ1) is 21.2. The maximum absolute atomic E-state index is 12.4. The van der Waals surface area contributed by atoms with Crippen molar-refractivity contribution in [2.75, 3.05) is 13.2 Å². The molecular formula is C20H24O9. The zero-order valence-electron chi connectivity index (χ0n) is 16.7. The van der Waals surface area contributed by atoms with E-state index in [9.17, 15) is 14.4 Å². The summed E-state index contributed by atoms with van der Waals surface area (Å²) in [5.74, 6) is -2.71. The number of hydrogen-bond acceptors (Lipinski definition) is 9. The smallest absolute Gasteiger partial charge is 0.338 e. The summed E-state index contributed by atoms with van der Waals surface area (Å²) in [6.07, 6.45) is -2.69. The van der Waals surface area contributed by atoms with E-state index in [-0.39, 0.29) is 13.2 Å². The molecule has 0 N–H and O–H groups in total. The van der Waals surface area contributed by atoms with Crippen molar-refractivity contribution in [3.8, 4) is 0 Å². The van der Waals surface area contributed by atoms with E-state index in [2.05, 4.69) is 0 Å². The molecule has 9 nitrogen and oxygen atoms in total. The lowest BCUT2D eigenvalue weighted by molar-refractivity contribution is -0.257. The third kappa shape index (κ3) is 4.75. The first-order valence-electron chi connectivity index (χ1n) is 9.18. The summed E-state index contributed by atoms with van der Waals surface area (Å²) < 4.78 is 33.5. The molecule has 4 atom stereocenters. The first-order valence-corrected chi connectivity index (χ1v) is 9.18. The molecule has 29 heavy (non-hydrogen) atoms. The fourth-order valence-electron chi connectivity index (χ4n) is 3.35. The monoisotopic (exact) mass is 408 g/mol. The lowest BCUT2D eigenvalue weighted by Crippen LogP contribution is -2.54. The van der Waals surface area contributed by atoms with E-state index in [1.165, 1.54) is 13.8 Å². The third-order valence-electron chi connectivity index (χ3n) is 4.53. The molecule has 0 aromatic heterocycles. The number of fused-ring (bicyclic) bond motifs is 1. The minimum Gasteiger partial charge on any atom is -0.462 e. The molecule has 158 valence electrons. The van der Waals surface area contributed by atoms with Gasteiger partial charge in [-0.3, -0.25) is 9.59 Å². The SMILES string of the molecule is CC(=O)OC[C@@]1(COC(=O)c2ccccc2)O[C@@H]2OC(C)(C)O[C@@H]2[C@H]1OC(C)=O. The van der Waals surface area contributed by atoms with Gasteiger partial charge in [-0.15, -0.1) is 0 Å². The number of hydrogen-bond donors (Lipinski definition) is 0. The van der Waals surface area contributed by atoms with Crippen LogP contribution in [0.3, 0.4) is 0 Å². The Balaban J connectivity index is 1.84. The van der Waals surface area contributed by atoms with Crippen molar-refractivity contribution >= 4 is 17.9 Å². The minimum atomic E-state index is -1.48. The Bertz CT molecular complexity index is 775. The summed E-state index contributed by atoms with van der Waals surface area (Å²) in [5.41, 5.74) is -1.14. The zero-order chi connectivity index (χ0) is 21.2. The van der Waals surface area contributed by atoms with Crippen molar-refractivity contribution in [1.29, 1.82) is 0 Å². The topological polar surface area (TPSA) is 107 Å². The summed E-state index contributed by atoms with van der Waals surface area (Å²) in [6.45, 7) is 5.21. The normalized spacial score (nSPS) is 29.7. The highest BCUT2D eigenvalue weighted by atomic mass is 16.9. The molecule has 0 spiro atoms. The van der Waals surface area contributed by atoms with Gasteiger partial charge in [-0.25, -0.2) is 4.79 Å². The van der Waals surface area contributed by atoms with Crippen LogP contribution in [0.15, 0.2) is 30.3 Å². The second-order valence-electron chi connectivity index (χ2n) is 7.40. The Labute approximate surface area is 168 Å². The highest BCUT2D eigenvalue weighted by Crippen LogP contribution is 2.44. The predicted molar refractivity (Wildman–Crippen MR) is 96.6 cm³/mol. The highest BCUT2D eigenvalue weighted by molar-refractivity contribution is 5.89. The van der Waals surface area contributed by atoms with Crippen molar-refractivity contribution in [2.24, 2.45) is 0 Å². The molecule has 2 aliphatic heterocycles. The fourth-order valence-corrected chi connectivity index (χ4v) is 3.35. The van der Waals surface area contributed by atoms with Crippen LogP contribution in [0.4, 0.5) is 0 Å². The Morgan fingerprint density at radius 2 is 1.59 bits per heavy atom. The standard InChI is InChI=1S/C20H24O9/c1-12(21)24-10-20(11-25-17(23)14-8-6-5-7-9-14)16(26-13(2)22)15-18(29-20)28-19(3,4)27-15/h5-9,15-16,18H,10-11H2,1-4H3/t15-,16-,18+,20+/m1/s1. The van der Waals surface area contributed by atoms with E-state index < -0.39 is 47.8 Å². The zero-order valence-corrected chi connectivity index (χ0v) is 16.7. The number of carbonyl (C=O) groups is 3.